The first kappa shape index (κ1) is 10.5. The molecule has 80 valence electrons. The van der Waals surface area contributed by atoms with Crippen molar-refractivity contribution in [2.45, 2.75) is 32.6 Å². The summed E-state index contributed by atoms with van der Waals surface area (Å²) in [7, 11) is 0. The van der Waals surface area contributed by atoms with Crippen molar-refractivity contribution < 1.29 is 0 Å². The highest BCUT2D eigenvalue weighted by atomic mass is 15.1. The van der Waals surface area contributed by atoms with Crippen LogP contribution in [0.4, 0.5) is 5.69 Å². The van der Waals surface area contributed by atoms with Gasteiger partial charge < -0.3 is 4.90 Å². The Morgan fingerprint density at radius 2 is 2.13 bits per heavy atom. The molecule has 1 nitrogen and oxygen atoms in total. The summed E-state index contributed by atoms with van der Waals surface area (Å²) < 4.78 is 0. The predicted octanol–water partition coefficient (Wildman–Crippen LogP) is 3.52. The zero-order chi connectivity index (χ0) is 10.5. The van der Waals surface area contributed by atoms with Gasteiger partial charge in [-0.1, -0.05) is 38.0 Å². The molecule has 15 heavy (non-hydrogen) atoms. The van der Waals surface area contributed by atoms with Gasteiger partial charge in [-0.05, 0) is 24.5 Å². The highest BCUT2D eigenvalue weighted by molar-refractivity contribution is 5.58. The number of nitrogens with zero attached hydrogens (tertiary/aromatic N) is 1. The van der Waals surface area contributed by atoms with Gasteiger partial charge in [0.1, 0.15) is 0 Å². The largest absolute Gasteiger partial charge is 0.371 e. The average molecular weight is 201 g/mol. The van der Waals surface area contributed by atoms with E-state index in [1.807, 2.05) is 0 Å². The Morgan fingerprint density at radius 1 is 1.27 bits per heavy atom. The van der Waals surface area contributed by atoms with E-state index in [-0.39, 0.29) is 0 Å². The van der Waals surface area contributed by atoms with Gasteiger partial charge in [-0.2, -0.15) is 0 Å². The second-order valence-electron chi connectivity index (χ2n) is 4.14. The first-order valence-corrected chi connectivity index (χ1v) is 5.99. The predicted molar refractivity (Wildman–Crippen MR) is 65.1 cm³/mol. The second-order valence-corrected chi connectivity index (χ2v) is 4.14. The van der Waals surface area contributed by atoms with Crippen LogP contribution in [0.3, 0.4) is 0 Å². The van der Waals surface area contributed by atoms with Crippen molar-refractivity contribution in [3.8, 4) is 0 Å². The molecule has 0 amide bonds. The Morgan fingerprint density at radius 3 is 3.00 bits per heavy atom. The molecule has 0 saturated heterocycles. The van der Waals surface area contributed by atoms with Crippen molar-refractivity contribution in [3.05, 3.63) is 36.2 Å². The Kier molecular flexibility index (Phi) is 3.65. The number of fused-ring (bicyclic) bond motifs is 1. The van der Waals surface area contributed by atoms with Crippen LogP contribution < -0.4 is 4.90 Å². The lowest BCUT2D eigenvalue weighted by atomic mass is 10.0. The van der Waals surface area contributed by atoms with E-state index in [2.05, 4.69) is 42.5 Å². The summed E-state index contributed by atoms with van der Waals surface area (Å²) in [4.78, 5) is 2.50. The maximum absolute atomic E-state index is 3.44. The summed E-state index contributed by atoms with van der Waals surface area (Å²) in [6, 6.07) is 8.61. The third-order valence-electron chi connectivity index (χ3n) is 2.97. The Hall–Kier alpha value is -0.980. The number of para-hydroxylation sites is 1. The van der Waals surface area contributed by atoms with Crippen LogP contribution in [0, 0.1) is 6.42 Å². The minimum atomic E-state index is 1.07. The first-order valence-electron chi connectivity index (χ1n) is 5.99. The summed E-state index contributed by atoms with van der Waals surface area (Å²) in [6.07, 6.45) is 8.46. The highest BCUT2D eigenvalue weighted by Crippen LogP contribution is 2.27. The molecule has 1 aliphatic rings. The summed E-state index contributed by atoms with van der Waals surface area (Å²) >= 11 is 0. The smallest absolute Gasteiger partial charge is 0.0405 e. The molecule has 1 heteroatoms. The van der Waals surface area contributed by atoms with Crippen molar-refractivity contribution in [2.24, 2.45) is 0 Å². The maximum atomic E-state index is 3.44. The van der Waals surface area contributed by atoms with Crippen molar-refractivity contribution in [1.82, 2.24) is 0 Å². The summed E-state index contributed by atoms with van der Waals surface area (Å²) in [6.45, 7) is 4.60. The molecule has 0 fully saturated rings. The number of hydrogen-bond donors (Lipinski definition) is 0. The molecule has 0 atom stereocenters. The zero-order valence-corrected chi connectivity index (χ0v) is 9.50. The molecular weight excluding hydrogens is 182 g/mol. The van der Waals surface area contributed by atoms with Gasteiger partial charge in [0.2, 0.25) is 0 Å². The van der Waals surface area contributed by atoms with E-state index in [0.29, 0.717) is 0 Å². The van der Waals surface area contributed by atoms with E-state index in [1.54, 1.807) is 0 Å². The fourth-order valence-electron chi connectivity index (χ4n) is 2.13. The fraction of sp³-hybridized carbons (Fsp3) is 0.500. The third-order valence-corrected chi connectivity index (χ3v) is 2.97. The van der Waals surface area contributed by atoms with Gasteiger partial charge in [0.05, 0.1) is 0 Å². The first-order chi connectivity index (χ1) is 7.42. The average Bonchev–Trinajstić information content (AvgIpc) is 2.30. The van der Waals surface area contributed by atoms with Crippen LogP contribution in [0.1, 0.15) is 38.2 Å². The summed E-state index contributed by atoms with van der Waals surface area (Å²) in [5.41, 5.74) is 2.67. The number of anilines is 1. The van der Waals surface area contributed by atoms with Crippen molar-refractivity contribution in [3.63, 3.8) is 0 Å². The van der Waals surface area contributed by atoms with Gasteiger partial charge in [0.15, 0.2) is 0 Å². The Labute approximate surface area is 93.1 Å². The molecule has 1 aromatic rings. The third kappa shape index (κ3) is 2.53. The summed E-state index contributed by atoms with van der Waals surface area (Å²) in [5.74, 6) is 0. The molecule has 0 N–H and O–H groups in total. The number of hydrogen-bond acceptors (Lipinski definition) is 1. The van der Waals surface area contributed by atoms with E-state index >= 15 is 0 Å². The minimum absolute atomic E-state index is 1.07. The molecule has 0 spiro atoms. The fourth-order valence-corrected chi connectivity index (χ4v) is 2.13. The van der Waals surface area contributed by atoms with E-state index in [0.717, 1.165) is 13.0 Å². The Balaban J connectivity index is 2.02. The van der Waals surface area contributed by atoms with E-state index in [9.17, 15) is 0 Å². The lowest BCUT2D eigenvalue weighted by Crippen LogP contribution is -2.29. The van der Waals surface area contributed by atoms with Crippen molar-refractivity contribution >= 4 is 5.69 Å². The molecule has 1 heterocycles. The van der Waals surface area contributed by atoms with E-state index in [4.69, 9.17) is 0 Å². The molecule has 0 bridgehead atoms. The monoisotopic (exact) mass is 201 g/mol. The normalized spacial score (nSPS) is 15.1. The molecule has 0 saturated carbocycles. The van der Waals surface area contributed by atoms with Crippen LogP contribution >= 0.6 is 0 Å². The van der Waals surface area contributed by atoms with Crippen molar-refractivity contribution in [2.75, 3.05) is 18.0 Å². The lowest BCUT2D eigenvalue weighted by Gasteiger charge is -2.30. The van der Waals surface area contributed by atoms with Gasteiger partial charge in [0, 0.05) is 25.2 Å². The van der Waals surface area contributed by atoms with Crippen LogP contribution in [0.15, 0.2) is 24.3 Å². The second kappa shape index (κ2) is 5.20. The van der Waals surface area contributed by atoms with Crippen LogP contribution in [-0.2, 0) is 0 Å². The maximum Gasteiger partial charge on any atom is 0.0405 e. The van der Waals surface area contributed by atoms with E-state index in [1.165, 1.54) is 37.1 Å². The van der Waals surface area contributed by atoms with Crippen molar-refractivity contribution in [1.29, 1.82) is 0 Å². The van der Waals surface area contributed by atoms with Gasteiger partial charge in [0.25, 0.3) is 0 Å². The topological polar surface area (TPSA) is 3.24 Å². The van der Waals surface area contributed by atoms with Crippen LogP contribution in [-0.4, -0.2) is 13.1 Å². The molecule has 0 unspecified atom stereocenters. The molecule has 0 aromatic heterocycles. The SMILES string of the molecule is CCCCCN1CC[C]c2ccccc21. The molecular formula is C14H19N. The van der Waals surface area contributed by atoms with Gasteiger partial charge in [-0.15, -0.1) is 0 Å². The molecule has 1 aliphatic heterocycles. The number of unbranched alkanes of at least 4 members (excludes halogenated alkanes) is 2. The molecule has 2 radical (unpaired) electrons. The molecule has 1 aromatic carbocycles. The van der Waals surface area contributed by atoms with E-state index < -0.39 is 0 Å². The van der Waals surface area contributed by atoms with Crippen LogP contribution in [0.2, 0.25) is 0 Å². The van der Waals surface area contributed by atoms with Gasteiger partial charge >= 0.3 is 0 Å². The lowest BCUT2D eigenvalue weighted by molar-refractivity contribution is 0.663. The molecule has 2 rings (SSSR count). The van der Waals surface area contributed by atoms with Gasteiger partial charge in [-0.3, -0.25) is 0 Å². The minimum Gasteiger partial charge on any atom is -0.371 e. The molecule has 0 aliphatic carbocycles. The highest BCUT2D eigenvalue weighted by Gasteiger charge is 2.15. The van der Waals surface area contributed by atoms with Crippen LogP contribution in [0.25, 0.3) is 0 Å². The quantitative estimate of drug-likeness (QED) is 0.674. The standard InChI is InChI=1S/C14H19N/c1-2-3-6-11-15-12-7-9-13-8-4-5-10-14(13)15/h4-5,8,10H,2-3,6-7,11-12H2,1H3. The summed E-state index contributed by atoms with van der Waals surface area (Å²) in [5, 5.41) is 0. The van der Waals surface area contributed by atoms with Gasteiger partial charge in [-0.25, -0.2) is 0 Å². The number of rotatable bonds is 4. The Bertz CT molecular complexity index is 306. The zero-order valence-electron chi connectivity index (χ0n) is 9.50. The number of benzene rings is 1. The van der Waals surface area contributed by atoms with Crippen LogP contribution in [0.5, 0.6) is 0 Å².